The minimum absolute atomic E-state index is 0.0484. The summed E-state index contributed by atoms with van der Waals surface area (Å²) in [6.07, 6.45) is 3.34. The summed E-state index contributed by atoms with van der Waals surface area (Å²) in [5.41, 5.74) is 2.62. The molecule has 6 nitrogen and oxygen atoms in total. The number of benzene rings is 2. The SMILES string of the molecule is NS(=O)(=O)c1ccc(-c2ccccc2C=CC(=O)N2CCOCC2)cc1. The zero-order valence-corrected chi connectivity index (χ0v) is 15.0. The number of amides is 1. The molecule has 1 saturated heterocycles. The fourth-order valence-corrected chi connectivity index (χ4v) is 3.30. The van der Waals surface area contributed by atoms with E-state index in [4.69, 9.17) is 9.88 Å². The average molecular weight is 372 g/mol. The summed E-state index contributed by atoms with van der Waals surface area (Å²) in [4.78, 5) is 14.1. The molecule has 1 fully saturated rings. The van der Waals surface area contributed by atoms with Gasteiger partial charge in [-0.1, -0.05) is 36.4 Å². The van der Waals surface area contributed by atoms with Crippen LogP contribution in [0.3, 0.4) is 0 Å². The molecule has 26 heavy (non-hydrogen) atoms. The molecule has 0 spiro atoms. The fraction of sp³-hybridized carbons (Fsp3) is 0.211. The van der Waals surface area contributed by atoms with Crippen molar-refractivity contribution in [1.82, 2.24) is 4.90 Å². The predicted octanol–water partition coefficient (Wildman–Crippen LogP) is 1.87. The number of nitrogens with two attached hydrogens (primary N) is 1. The minimum atomic E-state index is -3.72. The second-order valence-electron chi connectivity index (χ2n) is 5.93. The van der Waals surface area contributed by atoms with Crippen LogP contribution in [0, 0.1) is 0 Å². The number of hydrogen-bond acceptors (Lipinski definition) is 4. The van der Waals surface area contributed by atoms with E-state index in [0.717, 1.165) is 16.7 Å². The molecule has 1 aliphatic rings. The Labute approximate surface area is 152 Å². The van der Waals surface area contributed by atoms with Gasteiger partial charge in [-0.3, -0.25) is 4.79 Å². The smallest absolute Gasteiger partial charge is 0.246 e. The molecular weight excluding hydrogens is 352 g/mol. The van der Waals surface area contributed by atoms with Gasteiger partial charge in [0.25, 0.3) is 0 Å². The Morgan fingerprint density at radius 3 is 2.35 bits per heavy atom. The molecule has 1 heterocycles. The third kappa shape index (κ3) is 4.37. The molecule has 2 N–H and O–H groups in total. The minimum Gasteiger partial charge on any atom is -0.378 e. The highest BCUT2D eigenvalue weighted by atomic mass is 32.2. The van der Waals surface area contributed by atoms with Crippen molar-refractivity contribution < 1.29 is 17.9 Å². The zero-order chi connectivity index (χ0) is 18.6. The molecule has 0 aliphatic carbocycles. The average Bonchev–Trinajstić information content (AvgIpc) is 2.66. The first-order valence-electron chi connectivity index (χ1n) is 8.22. The molecule has 0 bridgehead atoms. The highest BCUT2D eigenvalue weighted by molar-refractivity contribution is 7.89. The second-order valence-corrected chi connectivity index (χ2v) is 7.49. The lowest BCUT2D eigenvalue weighted by Gasteiger charge is -2.25. The van der Waals surface area contributed by atoms with Gasteiger partial charge in [-0.05, 0) is 34.9 Å². The Hall–Kier alpha value is -2.48. The normalized spacial score (nSPS) is 15.3. The van der Waals surface area contributed by atoms with E-state index < -0.39 is 10.0 Å². The third-order valence-electron chi connectivity index (χ3n) is 4.18. The molecule has 136 valence electrons. The molecule has 0 atom stereocenters. The number of ether oxygens (including phenoxy) is 1. The van der Waals surface area contributed by atoms with Crippen LogP contribution >= 0.6 is 0 Å². The molecule has 7 heteroatoms. The van der Waals surface area contributed by atoms with Crippen molar-refractivity contribution in [3.63, 3.8) is 0 Å². The van der Waals surface area contributed by atoms with Crippen LogP contribution in [0.15, 0.2) is 59.5 Å². The van der Waals surface area contributed by atoms with Crippen molar-refractivity contribution in [3.8, 4) is 11.1 Å². The summed E-state index contributed by atoms with van der Waals surface area (Å²) >= 11 is 0. The first-order valence-corrected chi connectivity index (χ1v) is 9.77. The van der Waals surface area contributed by atoms with Gasteiger partial charge in [0.1, 0.15) is 0 Å². The van der Waals surface area contributed by atoms with Crippen LogP contribution < -0.4 is 5.14 Å². The van der Waals surface area contributed by atoms with E-state index in [-0.39, 0.29) is 10.8 Å². The number of carbonyl (C=O) groups is 1. The predicted molar refractivity (Wildman–Crippen MR) is 99.7 cm³/mol. The Bertz CT molecular complexity index is 915. The Balaban J connectivity index is 1.84. The second kappa shape index (κ2) is 7.82. The summed E-state index contributed by atoms with van der Waals surface area (Å²) in [5.74, 6) is -0.0484. The van der Waals surface area contributed by atoms with E-state index >= 15 is 0 Å². The number of hydrogen-bond donors (Lipinski definition) is 1. The van der Waals surface area contributed by atoms with E-state index in [1.165, 1.54) is 12.1 Å². The van der Waals surface area contributed by atoms with E-state index in [2.05, 4.69) is 0 Å². The van der Waals surface area contributed by atoms with Gasteiger partial charge in [0.05, 0.1) is 18.1 Å². The summed E-state index contributed by atoms with van der Waals surface area (Å²) in [6.45, 7) is 2.32. The molecule has 2 aromatic carbocycles. The monoisotopic (exact) mass is 372 g/mol. The molecule has 3 rings (SSSR count). The Morgan fingerprint density at radius 2 is 1.69 bits per heavy atom. The summed E-state index contributed by atoms with van der Waals surface area (Å²) in [7, 11) is -3.72. The molecule has 0 saturated carbocycles. The van der Waals surface area contributed by atoms with Gasteiger partial charge in [-0.15, -0.1) is 0 Å². The Morgan fingerprint density at radius 1 is 1.04 bits per heavy atom. The fourth-order valence-electron chi connectivity index (χ4n) is 2.78. The van der Waals surface area contributed by atoms with Gasteiger partial charge >= 0.3 is 0 Å². The number of carbonyl (C=O) groups excluding carboxylic acids is 1. The largest absolute Gasteiger partial charge is 0.378 e. The topological polar surface area (TPSA) is 89.7 Å². The molecular formula is C19H20N2O4S. The van der Waals surface area contributed by atoms with Crippen LogP contribution in [0.5, 0.6) is 0 Å². The maximum atomic E-state index is 12.3. The standard InChI is InChI=1S/C19H20N2O4S/c20-26(23,24)17-8-5-16(6-9-17)18-4-2-1-3-15(18)7-10-19(22)21-11-13-25-14-12-21/h1-10H,11-14H2,(H2,20,23,24). The van der Waals surface area contributed by atoms with Crippen molar-refractivity contribution in [2.45, 2.75) is 4.90 Å². The summed E-state index contributed by atoms with van der Waals surface area (Å²) in [5, 5.41) is 5.14. The number of rotatable bonds is 4. The molecule has 2 aromatic rings. The summed E-state index contributed by atoms with van der Waals surface area (Å²) in [6, 6.07) is 14.0. The van der Waals surface area contributed by atoms with Gasteiger partial charge in [-0.25, -0.2) is 13.6 Å². The molecule has 1 amide bonds. The first-order chi connectivity index (χ1) is 12.4. The van der Waals surface area contributed by atoms with Crippen LogP contribution in [0.4, 0.5) is 0 Å². The highest BCUT2D eigenvalue weighted by Crippen LogP contribution is 2.25. The van der Waals surface area contributed by atoms with Crippen LogP contribution in [0.2, 0.25) is 0 Å². The zero-order valence-electron chi connectivity index (χ0n) is 14.2. The lowest BCUT2D eigenvalue weighted by molar-refractivity contribution is -0.129. The van der Waals surface area contributed by atoms with Gasteiger partial charge in [-0.2, -0.15) is 0 Å². The van der Waals surface area contributed by atoms with Crippen molar-refractivity contribution in [2.24, 2.45) is 5.14 Å². The van der Waals surface area contributed by atoms with Gasteiger partial charge < -0.3 is 9.64 Å². The van der Waals surface area contributed by atoms with Crippen molar-refractivity contribution >= 4 is 22.0 Å². The highest BCUT2D eigenvalue weighted by Gasteiger charge is 2.14. The number of sulfonamides is 1. The maximum Gasteiger partial charge on any atom is 0.246 e. The lowest BCUT2D eigenvalue weighted by atomic mass is 9.99. The van der Waals surface area contributed by atoms with Crippen molar-refractivity contribution in [3.05, 3.63) is 60.2 Å². The number of primary sulfonamides is 1. The van der Waals surface area contributed by atoms with E-state index in [1.807, 2.05) is 24.3 Å². The summed E-state index contributed by atoms with van der Waals surface area (Å²) < 4.78 is 28.0. The van der Waals surface area contributed by atoms with Gasteiger partial charge in [0.2, 0.25) is 15.9 Å². The number of morpholine rings is 1. The van der Waals surface area contributed by atoms with E-state index in [1.54, 1.807) is 29.2 Å². The Kier molecular flexibility index (Phi) is 5.51. The number of nitrogens with zero attached hydrogens (tertiary/aromatic N) is 1. The molecule has 0 aromatic heterocycles. The van der Waals surface area contributed by atoms with Crippen molar-refractivity contribution in [2.75, 3.05) is 26.3 Å². The van der Waals surface area contributed by atoms with Gasteiger partial charge in [0, 0.05) is 19.2 Å². The maximum absolute atomic E-state index is 12.3. The van der Waals surface area contributed by atoms with Crippen LogP contribution in [-0.2, 0) is 19.6 Å². The van der Waals surface area contributed by atoms with E-state index in [9.17, 15) is 13.2 Å². The lowest BCUT2D eigenvalue weighted by Crippen LogP contribution is -2.39. The first kappa shape index (κ1) is 18.3. The molecule has 0 radical (unpaired) electrons. The quantitative estimate of drug-likeness (QED) is 0.830. The molecule has 1 aliphatic heterocycles. The van der Waals surface area contributed by atoms with Crippen LogP contribution in [0.25, 0.3) is 17.2 Å². The molecule has 0 unspecified atom stereocenters. The van der Waals surface area contributed by atoms with Crippen LogP contribution in [-0.4, -0.2) is 45.5 Å². The third-order valence-corrected chi connectivity index (χ3v) is 5.11. The van der Waals surface area contributed by atoms with Crippen LogP contribution in [0.1, 0.15) is 5.56 Å². The van der Waals surface area contributed by atoms with Gasteiger partial charge in [0.15, 0.2) is 0 Å². The van der Waals surface area contributed by atoms with E-state index in [0.29, 0.717) is 26.3 Å². The van der Waals surface area contributed by atoms with Crippen molar-refractivity contribution in [1.29, 1.82) is 0 Å².